The summed E-state index contributed by atoms with van der Waals surface area (Å²) in [5.74, 6) is -0.729. The molecular formula is C13H12F4N4. The Kier molecular flexibility index (Phi) is 4.25. The van der Waals surface area contributed by atoms with Gasteiger partial charge in [-0.15, -0.1) is 0 Å². The zero-order valence-electron chi connectivity index (χ0n) is 11.0. The molecule has 0 radical (unpaired) electrons. The van der Waals surface area contributed by atoms with Crippen LogP contribution in [-0.4, -0.2) is 17.0 Å². The van der Waals surface area contributed by atoms with Gasteiger partial charge in [-0.25, -0.2) is 9.37 Å². The van der Waals surface area contributed by atoms with E-state index in [9.17, 15) is 17.6 Å². The molecule has 1 heterocycles. The maximum atomic E-state index is 13.5. The Balaban J connectivity index is 2.21. The molecule has 0 aliphatic heterocycles. The van der Waals surface area contributed by atoms with Crippen LogP contribution in [0.1, 0.15) is 11.1 Å². The first-order valence-corrected chi connectivity index (χ1v) is 6.01. The first-order valence-electron chi connectivity index (χ1n) is 6.01. The van der Waals surface area contributed by atoms with Crippen LogP contribution in [0.5, 0.6) is 0 Å². The smallest absolute Gasteiger partial charge is 0.363 e. The Hall–Kier alpha value is -2.38. The highest BCUT2D eigenvalue weighted by Crippen LogP contribution is 2.32. The van der Waals surface area contributed by atoms with Gasteiger partial charge in [0.05, 0.1) is 11.8 Å². The molecule has 0 fully saturated rings. The summed E-state index contributed by atoms with van der Waals surface area (Å²) in [6, 6.07) is 5.10. The standard InChI is InChI=1S/C13H12F4N4/c1-18-12-20-7-10(14)11(21-12)19-6-8-4-2-3-5-9(8)13(15,16)17/h2-5,7H,6H2,1H3,(H2,18,19,20,21). The number of nitrogens with zero attached hydrogens (tertiary/aromatic N) is 2. The minimum atomic E-state index is -4.46. The second kappa shape index (κ2) is 5.94. The van der Waals surface area contributed by atoms with E-state index in [-0.39, 0.29) is 23.9 Å². The van der Waals surface area contributed by atoms with Gasteiger partial charge in [-0.2, -0.15) is 18.2 Å². The molecule has 0 unspecified atom stereocenters. The van der Waals surface area contributed by atoms with E-state index < -0.39 is 17.6 Å². The van der Waals surface area contributed by atoms with Crippen LogP contribution in [0.15, 0.2) is 30.5 Å². The van der Waals surface area contributed by atoms with Crippen molar-refractivity contribution in [1.29, 1.82) is 0 Å². The van der Waals surface area contributed by atoms with Crippen LogP contribution in [0.2, 0.25) is 0 Å². The normalized spacial score (nSPS) is 11.3. The van der Waals surface area contributed by atoms with Crippen LogP contribution in [0.25, 0.3) is 0 Å². The van der Waals surface area contributed by atoms with Gasteiger partial charge in [-0.05, 0) is 11.6 Å². The van der Waals surface area contributed by atoms with E-state index in [0.29, 0.717) is 0 Å². The Labute approximate surface area is 118 Å². The van der Waals surface area contributed by atoms with Crippen molar-refractivity contribution in [3.63, 3.8) is 0 Å². The van der Waals surface area contributed by atoms with Gasteiger partial charge in [0.2, 0.25) is 5.95 Å². The van der Waals surface area contributed by atoms with E-state index in [4.69, 9.17) is 0 Å². The molecule has 112 valence electrons. The van der Waals surface area contributed by atoms with E-state index in [0.717, 1.165) is 12.3 Å². The van der Waals surface area contributed by atoms with Crippen LogP contribution in [0, 0.1) is 5.82 Å². The molecule has 0 saturated carbocycles. The van der Waals surface area contributed by atoms with Gasteiger partial charge in [-0.3, -0.25) is 0 Å². The number of hydrogen-bond donors (Lipinski definition) is 2. The minimum Gasteiger partial charge on any atom is -0.363 e. The zero-order valence-corrected chi connectivity index (χ0v) is 11.0. The van der Waals surface area contributed by atoms with Gasteiger partial charge in [0, 0.05) is 13.6 Å². The van der Waals surface area contributed by atoms with Crippen LogP contribution in [0.3, 0.4) is 0 Å². The van der Waals surface area contributed by atoms with Crippen molar-refractivity contribution in [3.8, 4) is 0 Å². The second-order valence-electron chi connectivity index (χ2n) is 4.15. The molecule has 0 amide bonds. The van der Waals surface area contributed by atoms with E-state index >= 15 is 0 Å². The minimum absolute atomic E-state index is 0.00835. The maximum Gasteiger partial charge on any atom is 0.416 e. The molecule has 0 aliphatic rings. The molecule has 0 saturated heterocycles. The van der Waals surface area contributed by atoms with Gasteiger partial charge < -0.3 is 10.6 Å². The highest BCUT2D eigenvalue weighted by molar-refractivity contribution is 5.42. The second-order valence-corrected chi connectivity index (χ2v) is 4.15. The predicted molar refractivity (Wildman–Crippen MR) is 70.3 cm³/mol. The third-order valence-corrected chi connectivity index (χ3v) is 2.74. The van der Waals surface area contributed by atoms with Crippen molar-refractivity contribution < 1.29 is 17.6 Å². The van der Waals surface area contributed by atoms with Crippen molar-refractivity contribution >= 4 is 11.8 Å². The Morgan fingerprint density at radius 1 is 1.19 bits per heavy atom. The van der Waals surface area contributed by atoms with Gasteiger partial charge in [0.15, 0.2) is 11.6 Å². The lowest BCUT2D eigenvalue weighted by Crippen LogP contribution is -2.13. The molecular weight excluding hydrogens is 288 g/mol. The fourth-order valence-corrected chi connectivity index (χ4v) is 1.74. The number of aromatic nitrogens is 2. The fraction of sp³-hybridized carbons (Fsp3) is 0.231. The fourth-order valence-electron chi connectivity index (χ4n) is 1.74. The van der Waals surface area contributed by atoms with Gasteiger partial charge in [0.1, 0.15) is 0 Å². The largest absolute Gasteiger partial charge is 0.416 e. The third-order valence-electron chi connectivity index (χ3n) is 2.74. The lowest BCUT2D eigenvalue weighted by Gasteiger charge is -2.14. The third kappa shape index (κ3) is 3.59. The van der Waals surface area contributed by atoms with Crippen LogP contribution >= 0.6 is 0 Å². The number of alkyl halides is 3. The number of halogens is 4. The van der Waals surface area contributed by atoms with E-state index in [1.54, 1.807) is 7.05 Å². The van der Waals surface area contributed by atoms with Crippen LogP contribution < -0.4 is 10.6 Å². The molecule has 1 aromatic carbocycles. The Morgan fingerprint density at radius 2 is 1.90 bits per heavy atom. The first kappa shape index (κ1) is 15.0. The zero-order chi connectivity index (χ0) is 15.5. The summed E-state index contributed by atoms with van der Waals surface area (Å²) < 4.78 is 52.0. The number of nitrogens with one attached hydrogen (secondary N) is 2. The van der Waals surface area contributed by atoms with Crippen LogP contribution in [-0.2, 0) is 12.7 Å². The molecule has 0 aliphatic carbocycles. The summed E-state index contributed by atoms with van der Waals surface area (Å²) in [5, 5.41) is 5.17. The lowest BCUT2D eigenvalue weighted by molar-refractivity contribution is -0.138. The maximum absolute atomic E-state index is 13.5. The number of benzene rings is 1. The number of anilines is 2. The highest BCUT2D eigenvalue weighted by Gasteiger charge is 2.32. The topological polar surface area (TPSA) is 49.8 Å². The van der Waals surface area contributed by atoms with Gasteiger partial charge in [0.25, 0.3) is 0 Å². The molecule has 0 spiro atoms. The summed E-state index contributed by atoms with van der Waals surface area (Å²) in [5.41, 5.74) is -0.755. The monoisotopic (exact) mass is 300 g/mol. The first-order chi connectivity index (χ1) is 9.91. The quantitative estimate of drug-likeness (QED) is 0.851. The van der Waals surface area contributed by atoms with Gasteiger partial charge >= 0.3 is 6.18 Å². The average Bonchev–Trinajstić information content (AvgIpc) is 2.46. The summed E-state index contributed by atoms with van der Waals surface area (Å²) in [7, 11) is 1.55. The van der Waals surface area contributed by atoms with E-state index in [2.05, 4.69) is 20.6 Å². The van der Waals surface area contributed by atoms with Crippen molar-refractivity contribution in [1.82, 2.24) is 9.97 Å². The van der Waals surface area contributed by atoms with Crippen molar-refractivity contribution in [2.24, 2.45) is 0 Å². The SMILES string of the molecule is CNc1ncc(F)c(NCc2ccccc2C(F)(F)F)n1. The lowest BCUT2D eigenvalue weighted by atomic mass is 10.1. The van der Waals surface area contributed by atoms with Crippen molar-refractivity contribution in [3.05, 3.63) is 47.4 Å². The number of rotatable bonds is 4. The molecule has 0 atom stereocenters. The molecule has 0 bridgehead atoms. The Bertz CT molecular complexity index is 628. The average molecular weight is 300 g/mol. The summed E-state index contributed by atoms with van der Waals surface area (Å²) >= 11 is 0. The predicted octanol–water partition coefficient (Wildman–Crippen LogP) is 3.29. The molecule has 2 N–H and O–H groups in total. The summed E-state index contributed by atoms with van der Waals surface area (Å²) in [6.45, 7) is -0.202. The molecule has 8 heteroatoms. The molecule has 4 nitrogen and oxygen atoms in total. The summed E-state index contributed by atoms with van der Waals surface area (Å²) in [6.07, 6.45) is -3.52. The molecule has 1 aromatic heterocycles. The van der Waals surface area contributed by atoms with E-state index in [1.165, 1.54) is 18.2 Å². The molecule has 2 aromatic rings. The van der Waals surface area contributed by atoms with E-state index in [1.807, 2.05) is 0 Å². The summed E-state index contributed by atoms with van der Waals surface area (Å²) in [4.78, 5) is 7.46. The van der Waals surface area contributed by atoms with Crippen molar-refractivity contribution in [2.45, 2.75) is 12.7 Å². The molecule has 2 rings (SSSR count). The molecule has 21 heavy (non-hydrogen) atoms. The van der Waals surface area contributed by atoms with Crippen LogP contribution in [0.4, 0.5) is 29.3 Å². The van der Waals surface area contributed by atoms with Gasteiger partial charge in [-0.1, -0.05) is 18.2 Å². The Morgan fingerprint density at radius 3 is 2.57 bits per heavy atom. The van der Waals surface area contributed by atoms with Crippen molar-refractivity contribution in [2.75, 3.05) is 17.7 Å². The highest BCUT2D eigenvalue weighted by atomic mass is 19.4. The number of hydrogen-bond acceptors (Lipinski definition) is 4.